The van der Waals surface area contributed by atoms with Gasteiger partial charge in [0.1, 0.15) is 12.1 Å². The summed E-state index contributed by atoms with van der Waals surface area (Å²) in [5.41, 5.74) is 0. The molecule has 0 aliphatic carbocycles. The Labute approximate surface area is 99.3 Å². The topological polar surface area (TPSA) is 47.5 Å². The van der Waals surface area contributed by atoms with Gasteiger partial charge in [-0.15, -0.1) is 11.6 Å². The number of hydrogen-bond donors (Lipinski definition) is 0. The third-order valence-electron chi connectivity index (χ3n) is 2.47. The average Bonchev–Trinajstić information content (AvgIpc) is 2.39. The highest BCUT2D eigenvalue weighted by Crippen LogP contribution is 2.18. The lowest BCUT2D eigenvalue weighted by atomic mass is 10.3. The van der Waals surface area contributed by atoms with Gasteiger partial charge >= 0.3 is 0 Å². The van der Waals surface area contributed by atoms with E-state index in [1.54, 1.807) is 7.11 Å². The second-order valence-corrected chi connectivity index (χ2v) is 3.82. The van der Waals surface area contributed by atoms with E-state index in [0.717, 1.165) is 18.9 Å². The molecule has 0 aromatic carbocycles. The van der Waals surface area contributed by atoms with Gasteiger partial charge in [-0.2, -0.15) is 0 Å². The summed E-state index contributed by atoms with van der Waals surface area (Å²) in [4.78, 5) is 10.3. The lowest BCUT2D eigenvalue weighted by Gasteiger charge is -2.32. The first-order valence-electron chi connectivity index (χ1n) is 5.12. The molecule has 1 aliphatic rings. The number of methoxy groups -OCH3 is 1. The average molecular weight is 244 g/mol. The Hall–Kier alpha value is -1.07. The van der Waals surface area contributed by atoms with Crippen molar-refractivity contribution in [1.82, 2.24) is 9.97 Å². The van der Waals surface area contributed by atoms with Crippen LogP contribution in [0.1, 0.15) is 0 Å². The number of morpholine rings is 1. The molecule has 1 saturated heterocycles. The maximum Gasteiger partial charge on any atom is 0.218 e. The highest BCUT2D eigenvalue weighted by atomic mass is 35.5. The second kappa shape index (κ2) is 5.32. The van der Waals surface area contributed by atoms with E-state index in [1.165, 1.54) is 6.33 Å². The van der Waals surface area contributed by atoms with Gasteiger partial charge in [-0.3, -0.25) is 0 Å². The molecule has 6 heteroatoms. The second-order valence-electron chi connectivity index (χ2n) is 3.51. The fourth-order valence-electron chi connectivity index (χ4n) is 1.64. The minimum Gasteiger partial charge on any atom is -0.481 e. The molecule has 0 radical (unpaired) electrons. The Morgan fingerprint density at radius 3 is 3.25 bits per heavy atom. The van der Waals surface area contributed by atoms with Crippen LogP contribution in [0.3, 0.4) is 0 Å². The molecular weight excluding hydrogens is 230 g/mol. The van der Waals surface area contributed by atoms with Crippen molar-refractivity contribution in [3.8, 4) is 5.88 Å². The van der Waals surface area contributed by atoms with Crippen LogP contribution in [0.2, 0.25) is 0 Å². The standard InChI is InChI=1S/C10H14ClN3O2/c1-15-10-4-9(12-7-13-10)14-2-3-16-8(5-11)6-14/h4,7-8H,2-3,5-6H2,1H3. The summed E-state index contributed by atoms with van der Waals surface area (Å²) in [5, 5.41) is 0. The Balaban J connectivity index is 2.10. The highest BCUT2D eigenvalue weighted by Gasteiger charge is 2.20. The van der Waals surface area contributed by atoms with Crippen molar-refractivity contribution in [2.24, 2.45) is 0 Å². The SMILES string of the molecule is COc1cc(N2CCOC(CCl)C2)ncn1. The molecule has 5 nitrogen and oxygen atoms in total. The van der Waals surface area contributed by atoms with Crippen molar-refractivity contribution < 1.29 is 9.47 Å². The molecule has 2 rings (SSSR count). The van der Waals surface area contributed by atoms with Gasteiger partial charge in [-0.25, -0.2) is 9.97 Å². The first kappa shape index (κ1) is 11.4. The molecule has 0 spiro atoms. The maximum absolute atomic E-state index is 5.78. The number of rotatable bonds is 3. The van der Waals surface area contributed by atoms with Gasteiger partial charge < -0.3 is 14.4 Å². The molecular formula is C10H14ClN3O2. The van der Waals surface area contributed by atoms with E-state index in [-0.39, 0.29) is 6.10 Å². The Morgan fingerprint density at radius 1 is 1.62 bits per heavy atom. The smallest absolute Gasteiger partial charge is 0.218 e. The van der Waals surface area contributed by atoms with Gasteiger partial charge in [0.15, 0.2) is 0 Å². The van der Waals surface area contributed by atoms with Crippen LogP contribution in [0.25, 0.3) is 0 Å². The summed E-state index contributed by atoms with van der Waals surface area (Å²) in [6.07, 6.45) is 1.57. The third-order valence-corrected chi connectivity index (χ3v) is 2.82. The monoisotopic (exact) mass is 243 g/mol. The van der Waals surface area contributed by atoms with Gasteiger partial charge in [-0.05, 0) is 0 Å². The molecule has 1 fully saturated rings. The van der Waals surface area contributed by atoms with Crippen LogP contribution in [0, 0.1) is 0 Å². The van der Waals surface area contributed by atoms with Crippen LogP contribution in [-0.2, 0) is 4.74 Å². The number of hydrogen-bond acceptors (Lipinski definition) is 5. The fourth-order valence-corrected chi connectivity index (χ4v) is 1.82. The lowest BCUT2D eigenvalue weighted by Crippen LogP contribution is -2.43. The first-order valence-corrected chi connectivity index (χ1v) is 5.65. The molecule has 1 aliphatic heterocycles. The first-order chi connectivity index (χ1) is 7.83. The number of nitrogens with zero attached hydrogens (tertiary/aromatic N) is 3. The molecule has 0 amide bonds. The summed E-state index contributed by atoms with van der Waals surface area (Å²) in [5.74, 6) is 1.92. The number of alkyl halides is 1. The molecule has 1 unspecified atom stereocenters. The molecule has 0 bridgehead atoms. The molecule has 2 heterocycles. The molecule has 0 saturated carbocycles. The van der Waals surface area contributed by atoms with Crippen LogP contribution in [0.5, 0.6) is 5.88 Å². The number of aromatic nitrogens is 2. The number of anilines is 1. The van der Waals surface area contributed by atoms with E-state index in [2.05, 4.69) is 14.9 Å². The van der Waals surface area contributed by atoms with Crippen molar-refractivity contribution in [2.45, 2.75) is 6.10 Å². The van der Waals surface area contributed by atoms with Gasteiger partial charge in [0.25, 0.3) is 0 Å². The number of halogens is 1. The summed E-state index contributed by atoms with van der Waals surface area (Å²) >= 11 is 5.78. The molecule has 1 aromatic heterocycles. The molecule has 88 valence electrons. The van der Waals surface area contributed by atoms with Crippen molar-refractivity contribution in [3.05, 3.63) is 12.4 Å². The summed E-state index contributed by atoms with van der Waals surface area (Å²) in [7, 11) is 1.59. The van der Waals surface area contributed by atoms with E-state index in [9.17, 15) is 0 Å². The molecule has 1 aromatic rings. The predicted octanol–water partition coefficient (Wildman–Crippen LogP) is 0.929. The van der Waals surface area contributed by atoms with E-state index in [1.807, 2.05) is 6.07 Å². The minimum absolute atomic E-state index is 0.0661. The van der Waals surface area contributed by atoms with Gasteiger partial charge in [0, 0.05) is 19.2 Å². The largest absolute Gasteiger partial charge is 0.481 e. The normalized spacial score (nSPS) is 20.9. The van der Waals surface area contributed by atoms with Crippen molar-refractivity contribution in [1.29, 1.82) is 0 Å². The summed E-state index contributed by atoms with van der Waals surface area (Å²) in [6, 6.07) is 1.82. The van der Waals surface area contributed by atoms with E-state index in [0.29, 0.717) is 18.4 Å². The Morgan fingerprint density at radius 2 is 2.50 bits per heavy atom. The third kappa shape index (κ3) is 2.54. The molecule has 1 atom stereocenters. The molecule has 0 N–H and O–H groups in total. The minimum atomic E-state index is 0.0661. The maximum atomic E-state index is 5.78. The van der Waals surface area contributed by atoms with Gasteiger partial charge in [0.2, 0.25) is 5.88 Å². The van der Waals surface area contributed by atoms with Crippen LogP contribution in [0.15, 0.2) is 12.4 Å². The van der Waals surface area contributed by atoms with Crippen LogP contribution < -0.4 is 9.64 Å². The van der Waals surface area contributed by atoms with Crippen molar-refractivity contribution in [2.75, 3.05) is 37.6 Å². The van der Waals surface area contributed by atoms with Gasteiger partial charge in [-0.1, -0.05) is 0 Å². The zero-order valence-electron chi connectivity index (χ0n) is 9.10. The van der Waals surface area contributed by atoms with E-state index in [4.69, 9.17) is 21.1 Å². The number of ether oxygens (including phenoxy) is 2. The van der Waals surface area contributed by atoms with Crippen molar-refractivity contribution in [3.63, 3.8) is 0 Å². The Kier molecular flexibility index (Phi) is 3.79. The quantitative estimate of drug-likeness (QED) is 0.740. The summed E-state index contributed by atoms with van der Waals surface area (Å²) < 4.78 is 10.6. The zero-order chi connectivity index (χ0) is 11.4. The van der Waals surface area contributed by atoms with Gasteiger partial charge in [0.05, 0.1) is 25.7 Å². The van der Waals surface area contributed by atoms with E-state index >= 15 is 0 Å². The highest BCUT2D eigenvalue weighted by molar-refractivity contribution is 6.18. The lowest BCUT2D eigenvalue weighted by molar-refractivity contribution is 0.0551. The fraction of sp³-hybridized carbons (Fsp3) is 0.600. The Bertz CT molecular complexity index is 351. The zero-order valence-corrected chi connectivity index (χ0v) is 9.85. The van der Waals surface area contributed by atoms with E-state index < -0.39 is 0 Å². The summed E-state index contributed by atoms with van der Waals surface area (Å²) in [6.45, 7) is 2.24. The molecule has 16 heavy (non-hydrogen) atoms. The predicted molar refractivity (Wildman–Crippen MR) is 61.3 cm³/mol. The van der Waals surface area contributed by atoms with Crippen LogP contribution in [-0.4, -0.2) is 48.8 Å². The van der Waals surface area contributed by atoms with Crippen LogP contribution in [0.4, 0.5) is 5.82 Å². The van der Waals surface area contributed by atoms with Crippen LogP contribution >= 0.6 is 11.6 Å². The van der Waals surface area contributed by atoms with Crippen molar-refractivity contribution >= 4 is 17.4 Å².